The molecule has 1 aromatic carbocycles. The van der Waals surface area contributed by atoms with Gasteiger partial charge in [0.1, 0.15) is 5.82 Å². The van der Waals surface area contributed by atoms with Crippen molar-refractivity contribution < 1.29 is 13.3 Å². The summed E-state index contributed by atoms with van der Waals surface area (Å²) in [5.41, 5.74) is 0. The third-order valence-corrected chi connectivity index (χ3v) is 4.18. The first-order valence-electron chi connectivity index (χ1n) is 5.01. The molecule has 1 saturated heterocycles. The Bertz CT molecular complexity index is 344. The smallest absolute Gasteiger partial charge is 0.123 e. The second kappa shape index (κ2) is 4.86. The van der Waals surface area contributed by atoms with E-state index in [1.165, 1.54) is 12.1 Å². The molecule has 4 heteroatoms. The molecule has 1 aromatic rings. The Labute approximate surface area is 90.9 Å². The summed E-state index contributed by atoms with van der Waals surface area (Å²) >= 11 is 0. The fraction of sp³-hybridized carbons (Fsp3) is 0.455. The summed E-state index contributed by atoms with van der Waals surface area (Å²) in [6.07, 6.45) is 1.88. The van der Waals surface area contributed by atoms with Crippen molar-refractivity contribution in [3.63, 3.8) is 0 Å². The van der Waals surface area contributed by atoms with Crippen LogP contribution in [0.25, 0.3) is 0 Å². The molecule has 0 aromatic heterocycles. The first kappa shape index (κ1) is 10.8. The minimum absolute atomic E-state index is 0.0595. The quantitative estimate of drug-likeness (QED) is 0.775. The molecule has 2 rings (SSSR count). The van der Waals surface area contributed by atoms with Crippen LogP contribution in [0.15, 0.2) is 29.2 Å². The fourth-order valence-electron chi connectivity index (χ4n) is 1.64. The van der Waals surface area contributed by atoms with Crippen LogP contribution in [0.5, 0.6) is 0 Å². The molecule has 0 N–H and O–H groups in total. The minimum atomic E-state index is -1.07. The van der Waals surface area contributed by atoms with Crippen LogP contribution in [-0.2, 0) is 15.5 Å². The van der Waals surface area contributed by atoms with Gasteiger partial charge in [0.05, 0.1) is 22.7 Å². The van der Waals surface area contributed by atoms with Gasteiger partial charge in [-0.15, -0.1) is 0 Å². The SMILES string of the molecule is O=S(c1ccc(F)cc1)C1CCCOC1. The van der Waals surface area contributed by atoms with Gasteiger partial charge in [-0.25, -0.2) is 4.39 Å². The fourth-order valence-corrected chi connectivity index (χ4v) is 3.03. The molecule has 0 bridgehead atoms. The lowest BCUT2D eigenvalue weighted by molar-refractivity contribution is 0.100. The van der Waals surface area contributed by atoms with Gasteiger partial charge in [0.2, 0.25) is 0 Å². The van der Waals surface area contributed by atoms with E-state index in [-0.39, 0.29) is 11.1 Å². The summed E-state index contributed by atoms with van der Waals surface area (Å²) in [6, 6.07) is 5.86. The van der Waals surface area contributed by atoms with Gasteiger partial charge in [-0.05, 0) is 37.1 Å². The number of rotatable bonds is 2. The highest BCUT2D eigenvalue weighted by atomic mass is 32.2. The summed E-state index contributed by atoms with van der Waals surface area (Å²) in [7, 11) is -1.07. The van der Waals surface area contributed by atoms with E-state index in [1.54, 1.807) is 12.1 Å². The second-order valence-electron chi connectivity index (χ2n) is 3.59. The van der Waals surface area contributed by atoms with Crippen molar-refractivity contribution in [3.8, 4) is 0 Å². The number of hydrogen-bond acceptors (Lipinski definition) is 2. The van der Waals surface area contributed by atoms with Crippen LogP contribution in [0.3, 0.4) is 0 Å². The molecular formula is C11H13FO2S. The van der Waals surface area contributed by atoms with Crippen molar-refractivity contribution in [2.75, 3.05) is 13.2 Å². The van der Waals surface area contributed by atoms with E-state index in [9.17, 15) is 8.60 Å². The van der Waals surface area contributed by atoms with E-state index in [2.05, 4.69) is 0 Å². The molecule has 0 aliphatic carbocycles. The lowest BCUT2D eigenvalue weighted by Crippen LogP contribution is -2.26. The van der Waals surface area contributed by atoms with E-state index in [4.69, 9.17) is 4.74 Å². The van der Waals surface area contributed by atoms with Gasteiger partial charge >= 0.3 is 0 Å². The monoisotopic (exact) mass is 228 g/mol. The van der Waals surface area contributed by atoms with E-state index < -0.39 is 10.8 Å². The normalized spacial score (nSPS) is 23.7. The topological polar surface area (TPSA) is 26.3 Å². The highest BCUT2D eigenvalue weighted by molar-refractivity contribution is 7.85. The van der Waals surface area contributed by atoms with Crippen molar-refractivity contribution in [2.24, 2.45) is 0 Å². The lowest BCUT2D eigenvalue weighted by atomic mass is 10.2. The maximum absolute atomic E-state index is 12.7. The van der Waals surface area contributed by atoms with Gasteiger partial charge < -0.3 is 4.74 Å². The van der Waals surface area contributed by atoms with Gasteiger partial charge in [0.25, 0.3) is 0 Å². The Morgan fingerprint density at radius 1 is 1.33 bits per heavy atom. The molecule has 0 amide bonds. The van der Waals surface area contributed by atoms with Gasteiger partial charge in [-0.2, -0.15) is 0 Å². The molecule has 2 unspecified atom stereocenters. The first-order chi connectivity index (χ1) is 7.27. The standard InChI is InChI=1S/C11H13FO2S/c12-9-3-5-10(6-4-9)15(13)11-2-1-7-14-8-11/h3-6,11H,1-2,7-8H2. The van der Waals surface area contributed by atoms with Crippen LogP contribution in [0, 0.1) is 5.82 Å². The van der Waals surface area contributed by atoms with Crippen LogP contribution < -0.4 is 0 Å². The number of benzene rings is 1. The van der Waals surface area contributed by atoms with Crippen LogP contribution in [-0.4, -0.2) is 22.7 Å². The highest BCUT2D eigenvalue weighted by Crippen LogP contribution is 2.18. The van der Waals surface area contributed by atoms with Crippen LogP contribution in [0.2, 0.25) is 0 Å². The van der Waals surface area contributed by atoms with Crippen molar-refractivity contribution in [3.05, 3.63) is 30.1 Å². The van der Waals surface area contributed by atoms with Crippen LogP contribution in [0.1, 0.15) is 12.8 Å². The van der Waals surface area contributed by atoms with Crippen molar-refractivity contribution in [2.45, 2.75) is 23.0 Å². The minimum Gasteiger partial charge on any atom is -0.380 e. The average Bonchev–Trinajstić information content (AvgIpc) is 2.30. The highest BCUT2D eigenvalue weighted by Gasteiger charge is 2.21. The summed E-state index contributed by atoms with van der Waals surface area (Å²) in [6.45, 7) is 1.31. The Morgan fingerprint density at radius 2 is 2.07 bits per heavy atom. The Hall–Kier alpha value is -0.740. The molecule has 1 aliphatic rings. The molecule has 0 spiro atoms. The van der Waals surface area contributed by atoms with E-state index in [0.29, 0.717) is 11.5 Å². The third-order valence-electron chi connectivity index (χ3n) is 2.47. The van der Waals surface area contributed by atoms with Crippen LogP contribution in [0.4, 0.5) is 4.39 Å². The second-order valence-corrected chi connectivity index (χ2v) is 5.32. The Kier molecular flexibility index (Phi) is 3.49. The molecule has 1 heterocycles. The Morgan fingerprint density at radius 3 is 2.67 bits per heavy atom. The van der Waals surface area contributed by atoms with Crippen molar-refractivity contribution in [1.29, 1.82) is 0 Å². The molecule has 0 saturated carbocycles. The average molecular weight is 228 g/mol. The van der Waals surface area contributed by atoms with Gasteiger partial charge in [0, 0.05) is 11.5 Å². The molecule has 2 atom stereocenters. The van der Waals surface area contributed by atoms with Crippen LogP contribution >= 0.6 is 0 Å². The van der Waals surface area contributed by atoms with Crippen molar-refractivity contribution >= 4 is 10.8 Å². The third kappa shape index (κ3) is 2.63. The maximum Gasteiger partial charge on any atom is 0.123 e. The summed E-state index contributed by atoms with van der Waals surface area (Å²) in [4.78, 5) is 0.687. The summed E-state index contributed by atoms with van der Waals surface area (Å²) < 4.78 is 30.0. The van der Waals surface area contributed by atoms with Gasteiger partial charge in [-0.3, -0.25) is 4.21 Å². The molecule has 1 fully saturated rings. The molecule has 2 nitrogen and oxygen atoms in total. The molecule has 1 aliphatic heterocycles. The van der Waals surface area contributed by atoms with Gasteiger partial charge in [-0.1, -0.05) is 0 Å². The van der Waals surface area contributed by atoms with E-state index in [0.717, 1.165) is 19.4 Å². The summed E-state index contributed by atoms with van der Waals surface area (Å²) in [5.74, 6) is -0.296. The largest absolute Gasteiger partial charge is 0.380 e. The number of ether oxygens (including phenoxy) is 1. The van der Waals surface area contributed by atoms with Gasteiger partial charge in [0.15, 0.2) is 0 Å². The maximum atomic E-state index is 12.7. The predicted molar refractivity (Wildman–Crippen MR) is 56.6 cm³/mol. The summed E-state index contributed by atoms with van der Waals surface area (Å²) in [5, 5.41) is 0.0595. The number of halogens is 1. The predicted octanol–water partition coefficient (Wildman–Crippen LogP) is 2.11. The zero-order chi connectivity index (χ0) is 10.7. The lowest BCUT2D eigenvalue weighted by Gasteiger charge is -2.21. The Balaban J connectivity index is 2.09. The molecule has 15 heavy (non-hydrogen) atoms. The zero-order valence-corrected chi connectivity index (χ0v) is 9.13. The van der Waals surface area contributed by atoms with E-state index >= 15 is 0 Å². The van der Waals surface area contributed by atoms with E-state index in [1.807, 2.05) is 0 Å². The first-order valence-corrected chi connectivity index (χ1v) is 6.22. The molecular weight excluding hydrogens is 215 g/mol. The number of hydrogen-bond donors (Lipinski definition) is 0. The zero-order valence-electron chi connectivity index (χ0n) is 8.32. The molecule has 82 valence electrons. The van der Waals surface area contributed by atoms with Crippen molar-refractivity contribution in [1.82, 2.24) is 0 Å². The molecule has 0 radical (unpaired) electrons.